The zero-order chi connectivity index (χ0) is 43.8. The van der Waals surface area contributed by atoms with Crippen LogP contribution >= 0.6 is 0 Å². The van der Waals surface area contributed by atoms with E-state index in [0.29, 0.717) is 29.6 Å². The van der Waals surface area contributed by atoms with Gasteiger partial charge in [-0.3, -0.25) is 9.78 Å². The van der Waals surface area contributed by atoms with Gasteiger partial charge in [0, 0.05) is 36.6 Å². The van der Waals surface area contributed by atoms with Crippen molar-refractivity contribution in [1.82, 2.24) is 10.3 Å². The maximum Gasteiger partial charge on any atom is 0.408 e. The molecule has 3 N–H and O–H groups in total. The van der Waals surface area contributed by atoms with Gasteiger partial charge < -0.3 is 48.7 Å². The van der Waals surface area contributed by atoms with Gasteiger partial charge in [0.25, 0.3) is 0 Å². The molecule has 2 saturated carbocycles. The third-order valence-electron chi connectivity index (χ3n) is 13.3. The van der Waals surface area contributed by atoms with Crippen LogP contribution in [-0.4, -0.2) is 105 Å². The zero-order valence-corrected chi connectivity index (χ0v) is 36.0. The molecule has 7 rings (SSSR count). The second-order valence-electron chi connectivity index (χ2n) is 19.2. The van der Waals surface area contributed by atoms with Gasteiger partial charge in [-0.1, -0.05) is 39.0 Å². The first-order valence-corrected chi connectivity index (χ1v) is 20.6. The summed E-state index contributed by atoms with van der Waals surface area (Å²) in [5, 5.41) is 28.1. The molecule has 0 unspecified atom stereocenters. The van der Waals surface area contributed by atoms with E-state index in [1.165, 1.54) is 31.5 Å². The topological polar surface area (TPSA) is 198 Å². The average molecular weight is 835 g/mol. The Hall–Kier alpha value is -4.41. The number of nitrogens with one attached hydrogen (secondary N) is 1. The van der Waals surface area contributed by atoms with Crippen LogP contribution < -0.4 is 5.32 Å². The first-order chi connectivity index (χ1) is 27.9. The summed E-state index contributed by atoms with van der Waals surface area (Å²) in [6.07, 6.45) is -4.07. The standard InChI is InChI=1S/C45H58N2O13/c1-24-28(55-38(51)32(49)31(26-17-20-46-21-18-26)47-39(52)60-40(3,4)5)22-45(53)36(56-37(50)27-14-12-11-13-15-27)34-43(10,19-16-29-44(34,23-54-29)57-25(2)48)35-33(30(24)41(45,6)7)58-42(8,9)59-35/h11-15,17-18,20-21,28-29,31-36,49,53H,16,19,22-23H2,1-10H3,(H,47,52)/t28-,29+,31-,32+,33+,34-,35+,36-,43+,44-,45+/m0/s1. The van der Waals surface area contributed by atoms with E-state index in [4.69, 9.17) is 33.2 Å². The van der Waals surface area contributed by atoms with E-state index < -0.39 is 106 Å². The van der Waals surface area contributed by atoms with E-state index in [9.17, 15) is 29.4 Å². The van der Waals surface area contributed by atoms with Crippen molar-refractivity contribution in [1.29, 1.82) is 0 Å². The number of aliphatic hydroxyl groups is 2. The Kier molecular flexibility index (Phi) is 11.1. The van der Waals surface area contributed by atoms with Crippen molar-refractivity contribution in [2.45, 2.75) is 154 Å². The summed E-state index contributed by atoms with van der Waals surface area (Å²) in [6, 6.07) is 10.1. The minimum atomic E-state index is -2.06. The molecule has 0 radical (unpaired) electrons. The molecule has 1 aromatic carbocycles. The van der Waals surface area contributed by atoms with E-state index in [-0.39, 0.29) is 18.6 Å². The highest BCUT2D eigenvalue weighted by Crippen LogP contribution is 2.67. The zero-order valence-electron chi connectivity index (χ0n) is 36.0. The van der Waals surface area contributed by atoms with Crippen molar-refractivity contribution >= 4 is 24.0 Å². The fourth-order valence-corrected chi connectivity index (χ4v) is 10.6. The number of carbonyl (C=O) groups is 4. The van der Waals surface area contributed by atoms with Crippen LogP contribution in [0.4, 0.5) is 4.79 Å². The number of aromatic nitrogens is 1. The highest BCUT2D eigenvalue weighted by atomic mass is 16.8. The lowest BCUT2D eigenvalue weighted by Crippen LogP contribution is -2.79. The average Bonchev–Trinajstić information content (AvgIpc) is 3.48. The number of ether oxygens (including phenoxy) is 7. The summed E-state index contributed by atoms with van der Waals surface area (Å²) in [7, 11) is 0. The molecule has 2 aromatic rings. The van der Waals surface area contributed by atoms with Crippen LogP contribution in [-0.2, 0) is 42.7 Å². The van der Waals surface area contributed by atoms with Gasteiger partial charge in [0.2, 0.25) is 0 Å². The first kappa shape index (κ1) is 43.7. The molecular formula is C45H58N2O13. The van der Waals surface area contributed by atoms with E-state index in [0.717, 1.165) is 0 Å². The number of rotatable bonds is 8. The lowest BCUT2D eigenvalue weighted by molar-refractivity contribution is -0.346. The molecule has 1 amide bonds. The molecule has 2 bridgehead atoms. The molecule has 2 saturated heterocycles. The Bertz CT molecular complexity index is 2030. The summed E-state index contributed by atoms with van der Waals surface area (Å²) in [5.74, 6) is -4.48. The Balaban J connectivity index is 1.37. The predicted octanol–water partition coefficient (Wildman–Crippen LogP) is 5.27. The predicted molar refractivity (Wildman–Crippen MR) is 213 cm³/mol. The van der Waals surface area contributed by atoms with Crippen LogP contribution in [0, 0.1) is 16.7 Å². The molecule has 4 fully saturated rings. The fraction of sp³-hybridized carbons (Fsp3) is 0.622. The molecule has 3 heterocycles. The summed E-state index contributed by atoms with van der Waals surface area (Å²) < 4.78 is 44.4. The summed E-state index contributed by atoms with van der Waals surface area (Å²) in [5.41, 5.74) is -4.82. The summed E-state index contributed by atoms with van der Waals surface area (Å²) >= 11 is 0. The number of amides is 1. The van der Waals surface area contributed by atoms with Crippen LogP contribution in [0.2, 0.25) is 0 Å². The van der Waals surface area contributed by atoms with Crippen molar-refractivity contribution in [2.75, 3.05) is 6.61 Å². The number of hydrogen-bond donors (Lipinski definition) is 3. The highest BCUT2D eigenvalue weighted by Gasteiger charge is 2.77. The Morgan fingerprint density at radius 3 is 2.23 bits per heavy atom. The van der Waals surface area contributed by atoms with E-state index >= 15 is 0 Å². The van der Waals surface area contributed by atoms with Gasteiger partial charge in [-0.05, 0) is 95.4 Å². The smallest absolute Gasteiger partial charge is 0.408 e. The van der Waals surface area contributed by atoms with Crippen LogP contribution in [0.3, 0.4) is 0 Å². The van der Waals surface area contributed by atoms with Crippen molar-refractivity contribution in [3.05, 3.63) is 77.1 Å². The van der Waals surface area contributed by atoms with Gasteiger partial charge in [0.05, 0.1) is 30.2 Å². The maximum atomic E-state index is 14.4. The first-order valence-electron chi connectivity index (χ1n) is 20.6. The molecule has 11 atom stereocenters. The molecule has 0 spiro atoms. The van der Waals surface area contributed by atoms with E-state index in [1.54, 1.807) is 71.9 Å². The molecular weight excluding hydrogens is 776 g/mol. The number of esters is 3. The van der Waals surface area contributed by atoms with Gasteiger partial charge in [0.15, 0.2) is 17.5 Å². The molecule has 1 aromatic heterocycles. The van der Waals surface area contributed by atoms with E-state index in [2.05, 4.69) is 10.3 Å². The van der Waals surface area contributed by atoms with Crippen molar-refractivity contribution in [2.24, 2.45) is 16.7 Å². The van der Waals surface area contributed by atoms with Crippen molar-refractivity contribution in [3.63, 3.8) is 0 Å². The number of aliphatic hydroxyl groups excluding tert-OH is 1. The number of pyridine rings is 1. The number of hydrogen-bond acceptors (Lipinski definition) is 14. The fourth-order valence-electron chi connectivity index (χ4n) is 10.6. The largest absolute Gasteiger partial charge is 0.456 e. The summed E-state index contributed by atoms with van der Waals surface area (Å²) in [6.45, 7) is 17.4. The van der Waals surface area contributed by atoms with Gasteiger partial charge in [-0.25, -0.2) is 14.4 Å². The normalized spacial score (nSPS) is 34.7. The number of benzene rings is 1. The Labute approximate surface area is 350 Å². The molecule has 2 aliphatic heterocycles. The van der Waals surface area contributed by atoms with E-state index in [1.807, 2.05) is 20.8 Å². The Morgan fingerprint density at radius 2 is 1.63 bits per heavy atom. The number of nitrogens with zero attached hydrogens (tertiary/aromatic N) is 1. The minimum Gasteiger partial charge on any atom is -0.456 e. The molecule has 3 aliphatic carbocycles. The second-order valence-corrected chi connectivity index (χ2v) is 19.2. The number of carbonyl (C=O) groups excluding carboxylic acids is 4. The Morgan fingerprint density at radius 1 is 0.967 bits per heavy atom. The molecule has 326 valence electrons. The highest BCUT2D eigenvalue weighted by molar-refractivity contribution is 5.89. The van der Waals surface area contributed by atoms with Gasteiger partial charge >= 0.3 is 24.0 Å². The third-order valence-corrected chi connectivity index (χ3v) is 13.3. The van der Waals surface area contributed by atoms with Gasteiger partial charge in [-0.15, -0.1) is 0 Å². The summed E-state index contributed by atoms with van der Waals surface area (Å²) in [4.78, 5) is 58.8. The van der Waals surface area contributed by atoms with Gasteiger partial charge in [0.1, 0.15) is 35.6 Å². The second kappa shape index (κ2) is 15.2. The van der Waals surface area contributed by atoms with Crippen LogP contribution in [0.15, 0.2) is 66.0 Å². The molecule has 15 heteroatoms. The van der Waals surface area contributed by atoms with Crippen LogP contribution in [0.25, 0.3) is 0 Å². The van der Waals surface area contributed by atoms with Gasteiger partial charge in [-0.2, -0.15) is 0 Å². The lowest BCUT2D eigenvalue weighted by atomic mass is 9.45. The van der Waals surface area contributed by atoms with Crippen molar-refractivity contribution in [3.8, 4) is 0 Å². The minimum absolute atomic E-state index is 0.0254. The number of alkyl carbamates (subject to hydrolysis) is 1. The van der Waals surface area contributed by atoms with Crippen molar-refractivity contribution < 1.29 is 62.5 Å². The SMILES string of the molecule is CC(=O)O[C@@]12CO[C@@H]1CC[C@@]1(C)[C@@H]3OC(C)(C)O[C@@H]3C3=C(C)[C@@H](OC(=O)[C@H](O)[C@@H](NC(=O)OC(C)(C)C)c4ccncc4)C[C@@](O)([C@@H](OC(=O)c4ccccc4)[C@@H]12)C3(C)C. The van der Waals surface area contributed by atoms with Crippen LogP contribution in [0.1, 0.15) is 110 Å². The molecule has 5 aliphatic rings. The molecule has 60 heavy (non-hydrogen) atoms. The quantitative estimate of drug-likeness (QED) is 0.177. The third kappa shape index (κ3) is 7.39. The monoisotopic (exact) mass is 834 g/mol. The van der Waals surface area contributed by atoms with Crippen LogP contribution in [0.5, 0.6) is 0 Å². The maximum absolute atomic E-state index is 14.4. The number of fused-ring (bicyclic) bond motifs is 8. The lowest BCUT2D eigenvalue weighted by Gasteiger charge is -2.68. The molecule has 15 nitrogen and oxygen atoms in total.